The summed E-state index contributed by atoms with van der Waals surface area (Å²) < 4.78 is 29.4. The number of rotatable bonds is 7. The molecule has 0 bridgehead atoms. The number of hydrogen-bond donors (Lipinski definition) is 0. The summed E-state index contributed by atoms with van der Waals surface area (Å²) >= 11 is 1.34. The molecular weight excluding hydrogens is 458 g/mol. The molecule has 6 nitrogen and oxygen atoms in total. The van der Waals surface area contributed by atoms with Crippen LogP contribution in [-0.4, -0.2) is 76.8 Å². The van der Waals surface area contributed by atoms with Gasteiger partial charge in [-0.3, -0.25) is 14.5 Å². The minimum atomic E-state index is -3.22. The van der Waals surface area contributed by atoms with E-state index < -0.39 is 5.92 Å². The molecule has 1 aromatic heterocycles. The van der Waals surface area contributed by atoms with E-state index in [2.05, 4.69) is 23.0 Å². The summed E-state index contributed by atoms with van der Waals surface area (Å²) in [6.07, 6.45) is 5.25. The first-order valence-corrected chi connectivity index (χ1v) is 11.9. The van der Waals surface area contributed by atoms with Crippen molar-refractivity contribution >= 4 is 23.2 Å². The monoisotopic (exact) mass is 484 g/mol. The lowest BCUT2D eigenvalue weighted by Crippen LogP contribution is -2.64. The van der Waals surface area contributed by atoms with Crippen LogP contribution in [0.5, 0.6) is 0 Å². The summed E-state index contributed by atoms with van der Waals surface area (Å²) in [5.74, 6) is -3.42. The van der Waals surface area contributed by atoms with Crippen molar-refractivity contribution in [2.24, 2.45) is 0 Å². The van der Waals surface area contributed by atoms with Gasteiger partial charge in [-0.05, 0) is 12.1 Å². The lowest BCUT2D eigenvalue weighted by atomic mass is 9.97. The minimum Gasteiger partial charge on any atom is -0.335 e. The summed E-state index contributed by atoms with van der Waals surface area (Å²) in [5, 5.41) is 2.30. The van der Waals surface area contributed by atoms with Gasteiger partial charge in [0.2, 0.25) is 0 Å². The molecule has 2 saturated heterocycles. The second-order valence-corrected chi connectivity index (χ2v) is 9.14. The highest BCUT2D eigenvalue weighted by Gasteiger charge is 2.38. The summed E-state index contributed by atoms with van der Waals surface area (Å²) in [4.78, 5) is 35.2. The molecule has 0 N–H and O–H groups in total. The van der Waals surface area contributed by atoms with Crippen LogP contribution < -0.4 is 0 Å². The van der Waals surface area contributed by atoms with Gasteiger partial charge < -0.3 is 9.80 Å². The zero-order valence-corrected chi connectivity index (χ0v) is 19.5. The number of piperazine rings is 1. The largest absolute Gasteiger partial charge is 0.335 e. The Labute approximate surface area is 201 Å². The Kier molecular flexibility index (Phi) is 7.04. The highest BCUT2D eigenvalue weighted by atomic mass is 32.1. The first-order chi connectivity index (χ1) is 16.3. The van der Waals surface area contributed by atoms with Crippen LogP contribution in [0.15, 0.2) is 72.8 Å². The van der Waals surface area contributed by atoms with Gasteiger partial charge in [0.25, 0.3) is 17.7 Å². The molecule has 34 heavy (non-hydrogen) atoms. The average molecular weight is 485 g/mol. The van der Waals surface area contributed by atoms with E-state index in [1.54, 1.807) is 16.5 Å². The maximum atomic E-state index is 14.7. The predicted octanol–water partition coefficient (Wildman–Crippen LogP) is 3.82. The predicted molar refractivity (Wildman–Crippen MR) is 128 cm³/mol. The first-order valence-electron chi connectivity index (χ1n) is 11.0. The van der Waals surface area contributed by atoms with Gasteiger partial charge >= 0.3 is 0 Å². The molecule has 0 radical (unpaired) electrons. The Bertz CT molecular complexity index is 1080. The molecule has 2 fully saturated rings. The number of carbonyl (C=O) groups is 2. The summed E-state index contributed by atoms with van der Waals surface area (Å²) in [7, 11) is 0. The molecule has 3 heterocycles. The maximum absolute atomic E-state index is 14.7. The van der Waals surface area contributed by atoms with Gasteiger partial charge in [0.05, 0.1) is 0 Å². The van der Waals surface area contributed by atoms with Crippen molar-refractivity contribution in [1.82, 2.24) is 19.7 Å². The third-order valence-corrected chi connectivity index (χ3v) is 7.02. The number of allylic oxidation sites excluding steroid dienone is 4. The number of carbonyl (C=O) groups excluding carboxylic acids is 2. The zero-order chi connectivity index (χ0) is 24.3. The molecule has 2 aliphatic rings. The van der Waals surface area contributed by atoms with Crippen LogP contribution in [0.3, 0.4) is 0 Å². The van der Waals surface area contributed by atoms with Crippen LogP contribution in [0.4, 0.5) is 8.78 Å². The molecule has 9 heteroatoms. The van der Waals surface area contributed by atoms with E-state index in [0.29, 0.717) is 36.8 Å². The fraction of sp³-hybridized carbons (Fsp3) is 0.320. The van der Waals surface area contributed by atoms with Crippen molar-refractivity contribution in [3.8, 4) is 0 Å². The van der Waals surface area contributed by atoms with Crippen LogP contribution in [0, 0.1) is 0 Å². The van der Waals surface area contributed by atoms with Crippen molar-refractivity contribution in [2.45, 2.75) is 12.0 Å². The fourth-order valence-electron chi connectivity index (χ4n) is 4.21. The molecule has 4 rings (SSSR count). The molecule has 1 aromatic carbocycles. The number of likely N-dealkylation sites (tertiary alicyclic amines) is 1. The highest BCUT2D eigenvalue weighted by molar-refractivity contribution is 7.11. The van der Waals surface area contributed by atoms with Gasteiger partial charge in [0.1, 0.15) is 0 Å². The molecule has 0 saturated carbocycles. The summed E-state index contributed by atoms with van der Waals surface area (Å²) in [6, 6.07) is 5.68. The molecule has 178 valence electrons. The lowest BCUT2D eigenvalue weighted by molar-refractivity contribution is 0.00847. The van der Waals surface area contributed by atoms with Gasteiger partial charge in [-0.2, -0.15) is 8.78 Å². The quantitative estimate of drug-likeness (QED) is 0.561. The van der Waals surface area contributed by atoms with Gasteiger partial charge in [-0.15, -0.1) is 11.3 Å². The Hall–Kier alpha value is -3.17. The average Bonchev–Trinajstić information content (AvgIpc) is 3.36. The molecule has 0 atom stereocenters. The van der Waals surface area contributed by atoms with Gasteiger partial charge in [0, 0.05) is 73.6 Å². The van der Waals surface area contributed by atoms with Crippen LogP contribution >= 0.6 is 11.3 Å². The number of thiazole rings is 1. The number of hydrogen-bond acceptors (Lipinski definition) is 5. The number of nitrogens with zero attached hydrogens (tertiary/aromatic N) is 4. The first kappa shape index (κ1) is 24.0. The second-order valence-electron chi connectivity index (χ2n) is 8.24. The molecule has 2 aliphatic heterocycles. The minimum absolute atomic E-state index is 0.0331. The van der Waals surface area contributed by atoms with E-state index >= 15 is 0 Å². The summed E-state index contributed by atoms with van der Waals surface area (Å²) in [5.41, 5.74) is -0.0750. The van der Waals surface area contributed by atoms with E-state index in [0.717, 1.165) is 19.2 Å². The number of aromatic nitrogens is 1. The Morgan fingerprint density at radius 1 is 1.03 bits per heavy atom. The van der Waals surface area contributed by atoms with Crippen LogP contribution in [-0.2, 0) is 5.92 Å². The van der Waals surface area contributed by atoms with Gasteiger partial charge in [-0.25, -0.2) is 4.98 Å². The van der Waals surface area contributed by atoms with Crippen molar-refractivity contribution in [2.75, 3.05) is 39.3 Å². The van der Waals surface area contributed by atoms with Crippen LogP contribution in [0.25, 0.3) is 0 Å². The Morgan fingerprint density at radius 3 is 2.26 bits per heavy atom. The van der Waals surface area contributed by atoms with E-state index in [-0.39, 0.29) is 29.0 Å². The zero-order valence-electron chi connectivity index (χ0n) is 18.7. The highest BCUT2D eigenvalue weighted by Crippen LogP contribution is 2.36. The van der Waals surface area contributed by atoms with E-state index in [4.69, 9.17) is 0 Å². The van der Waals surface area contributed by atoms with Crippen molar-refractivity contribution in [3.63, 3.8) is 0 Å². The molecule has 2 aromatic rings. The summed E-state index contributed by atoms with van der Waals surface area (Å²) in [6.45, 7) is 10.8. The SMILES string of the molecule is C=C/C=C(\C=C)C(F)(F)c1ccc(C(=O)N2CC(N3CCN(C(=O)c4nccs4)CC3)C2)cc1. The topological polar surface area (TPSA) is 56.8 Å². The Morgan fingerprint density at radius 2 is 1.71 bits per heavy atom. The molecule has 0 aliphatic carbocycles. The third-order valence-electron chi connectivity index (χ3n) is 6.26. The number of amides is 2. The van der Waals surface area contributed by atoms with Crippen molar-refractivity contribution < 1.29 is 18.4 Å². The molecule has 0 spiro atoms. The fourth-order valence-corrected chi connectivity index (χ4v) is 4.81. The van der Waals surface area contributed by atoms with Gasteiger partial charge in [-0.1, -0.05) is 43.5 Å². The number of alkyl halides is 2. The van der Waals surface area contributed by atoms with Gasteiger partial charge in [0.15, 0.2) is 5.01 Å². The van der Waals surface area contributed by atoms with Crippen LogP contribution in [0.2, 0.25) is 0 Å². The molecule has 0 unspecified atom stereocenters. The Balaban J connectivity index is 1.29. The number of benzene rings is 1. The van der Waals surface area contributed by atoms with E-state index in [1.807, 2.05) is 4.90 Å². The molecular formula is C25H26F2N4O2S. The lowest BCUT2D eigenvalue weighted by Gasteiger charge is -2.48. The number of halogens is 2. The maximum Gasteiger partial charge on any atom is 0.298 e. The van der Waals surface area contributed by atoms with E-state index in [1.165, 1.54) is 47.8 Å². The normalized spacial score (nSPS) is 17.9. The van der Waals surface area contributed by atoms with Crippen molar-refractivity contribution in [3.05, 3.63) is 88.9 Å². The third kappa shape index (κ3) is 4.71. The van der Waals surface area contributed by atoms with Crippen molar-refractivity contribution in [1.29, 1.82) is 0 Å². The van der Waals surface area contributed by atoms with Crippen LogP contribution in [0.1, 0.15) is 25.7 Å². The standard InChI is InChI=1S/C25H26F2N4O2S/c1-3-5-19(4-2)25(26,27)20-8-6-18(7-9-20)23(32)31-16-21(17-31)29-11-13-30(14-12-29)24(33)22-28-10-15-34-22/h3-10,15,21H,1-2,11-14,16-17H2/b19-5+. The second kappa shape index (κ2) is 9.99. The smallest absolute Gasteiger partial charge is 0.298 e. The molecule has 2 amide bonds. The van der Waals surface area contributed by atoms with E-state index in [9.17, 15) is 18.4 Å².